The third-order valence-corrected chi connectivity index (χ3v) is 1.55. The van der Waals surface area contributed by atoms with Crippen LogP contribution in [0.4, 0.5) is 0 Å². The summed E-state index contributed by atoms with van der Waals surface area (Å²) < 4.78 is 19.1. The van der Waals surface area contributed by atoms with Gasteiger partial charge in [0, 0.05) is 12.0 Å². The summed E-state index contributed by atoms with van der Waals surface area (Å²) >= 11 is 0. The van der Waals surface area contributed by atoms with Crippen molar-refractivity contribution in [2.75, 3.05) is 13.2 Å². The summed E-state index contributed by atoms with van der Waals surface area (Å²) in [4.78, 5) is 19.0. The molecule has 13 heavy (non-hydrogen) atoms. The Bertz CT molecular complexity index is 213. The number of esters is 1. The van der Waals surface area contributed by atoms with E-state index in [9.17, 15) is 9.36 Å². The Kier molecular flexibility index (Phi) is 6.49. The summed E-state index contributed by atoms with van der Waals surface area (Å²) in [6, 6.07) is 0. The lowest BCUT2D eigenvalue weighted by atomic mass is 10.4. The summed E-state index contributed by atoms with van der Waals surface area (Å²) in [6.07, 6.45) is 0.399. The molecule has 0 aromatic heterocycles. The van der Waals surface area contributed by atoms with E-state index in [1.54, 1.807) is 6.92 Å². The lowest BCUT2D eigenvalue weighted by molar-refractivity contribution is -0.139. The Balaban J connectivity index is 3.31. The van der Waals surface area contributed by atoms with Crippen molar-refractivity contribution < 1.29 is 23.5 Å². The molecule has 0 aliphatic rings. The molecule has 0 amide bonds. The largest absolute Gasteiger partial charge is 0.462 e. The van der Waals surface area contributed by atoms with Crippen LogP contribution in [0.3, 0.4) is 0 Å². The van der Waals surface area contributed by atoms with E-state index in [0.717, 1.165) is 0 Å². The Hall–Kier alpha value is -0.640. The van der Waals surface area contributed by atoms with Gasteiger partial charge in [-0.1, -0.05) is 6.58 Å². The van der Waals surface area contributed by atoms with E-state index in [1.165, 1.54) is 0 Å². The van der Waals surface area contributed by atoms with E-state index in [-0.39, 0.29) is 13.2 Å². The van der Waals surface area contributed by atoms with Crippen molar-refractivity contribution in [1.29, 1.82) is 0 Å². The fourth-order valence-electron chi connectivity index (χ4n) is 0.506. The van der Waals surface area contributed by atoms with Crippen LogP contribution < -0.4 is 0 Å². The Morgan fingerprint density at radius 1 is 1.54 bits per heavy atom. The second-order valence-corrected chi connectivity index (χ2v) is 3.20. The molecule has 0 saturated carbocycles. The van der Waals surface area contributed by atoms with Gasteiger partial charge in [0.2, 0.25) is 0 Å². The molecular weight excluding hydrogens is 195 g/mol. The highest BCUT2D eigenvalue weighted by Gasteiger charge is 2.01. The average molecular weight is 208 g/mol. The zero-order valence-electron chi connectivity index (χ0n) is 7.41. The van der Waals surface area contributed by atoms with Crippen LogP contribution in [0.15, 0.2) is 12.2 Å². The molecule has 0 aliphatic heterocycles. The van der Waals surface area contributed by atoms with Crippen molar-refractivity contribution in [2.45, 2.75) is 13.3 Å². The van der Waals surface area contributed by atoms with E-state index in [2.05, 4.69) is 11.1 Å². The second kappa shape index (κ2) is 6.83. The van der Waals surface area contributed by atoms with Gasteiger partial charge in [-0.05, 0) is 6.92 Å². The maximum Gasteiger partial charge on any atom is 0.333 e. The molecule has 0 aromatic carbocycles. The third-order valence-electron chi connectivity index (χ3n) is 1.10. The maximum absolute atomic E-state index is 10.8. The Morgan fingerprint density at radius 3 is 2.62 bits per heavy atom. The van der Waals surface area contributed by atoms with Crippen LogP contribution in [0.5, 0.6) is 0 Å². The highest BCUT2D eigenvalue weighted by Crippen LogP contribution is 2.13. The van der Waals surface area contributed by atoms with Gasteiger partial charge in [-0.3, -0.25) is 4.57 Å². The van der Waals surface area contributed by atoms with Gasteiger partial charge in [-0.25, -0.2) is 4.79 Å². The molecule has 0 spiro atoms. The highest BCUT2D eigenvalue weighted by atomic mass is 31.1. The molecule has 0 bridgehead atoms. The SMILES string of the molecule is C=C(C)C(=O)OCCCO[PH](=O)O. The molecule has 6 heteroatoms. The van der Waals surface area contributed by atoms with Crippen LogP contribution in [0.2, 0.25) is 0 Å². The Morgan fingerprint density at radius 2 is 2.15 bits per heavy atom. The van der Waals surface area contributed by atoms with Gasteiger partial charge < -0.3 is 14.2 Å². The minimum atomic E-state index is -2.86. The summed E-state index contributed by atoms with van der Waals surface area (Å²) in [7, 11) is -2.86. The van der Waals surface area contributed by atoms with Crippen LogP contribution in [0.1, 0.15) is 13.3 Å². The summed E-state index contributed by atoms with van der Waals surface area (Å²) in [6.45, 7) is 5.21. The van der Waals surface area contributed by atoms with Gasteiger partial charge >= 0.3 is 14.2 Å². The zero-order valence-corrected chi connectivity index (χ0v) is 8.41. The number of hydrogen-bond donors (Lipinski definition) is 1. The van der Waals surface area contributed by atoms with Crippen molar-refractivity contribution in [3.8, 4) is 0 Å². The topological polar surface area (TPSA) is 72.8 Å². The quantitative estimate of drug-likeness (QED) is 0.304. The van der Waals surface area contributed by atoms with Crippen LogP contribution >= 0.6 is 8.25 Å². The first kappa shape index (κ1) is 12.4. The molecule has 1 unspecified atom stereocenters. The lowest BCUT2D eigenvalue weighted by Crippen LogP contribution is -2.07. The van der Waals surface area contributed by atoms with Crippen LogP contribution in [-0.2, 0) is 18.6 Å². The number of hydrogen-bond acceptors (Lipinski definition) is 4. The highest BCUT2D eigenvalue weighted by molar-refractivity contribution is 7.32. The molecule has 0 aliphatic carbocycles. The number of carbonyl (C=O) groups excluding carboxylic acids is 1. The van der Waals surface area contributed by atoms with Crippen LogP contribution in [0.25, 0.3) is 0 Å². The molecule has 0 radical (unpaired) electrons. The molecule has 1 N–H and O–H groups in total. The van der Waals surface area contributed by atoms with Crippen molar-refractivity contribution in [1.82, 2.24) is 0 Å². The van der Waals surface area contributed by atoms with E-state index in [4.69, 9.17) is 9.63 Å². The van der Waals surface area contributed by atoms with E-state index < -0.39 is 14.2 Å². The minimum Gasteiger partial charge on any atom is -0.462 e. The predicted molar refractivity (Wildman–Crippen MR) is 47.6 cm³/mol. The zero-order chi connectivity index (χ0) is 10.3. The molecule has 0 fully saturated rings. The molecule has 5 nitrogen and oxygen atoms in total. The van der Waals surface area contributed by atoms with Crippen molar-refractivity contribution in [2.24, 2.45) is 0 Å². The molecule has 0 saturated heterocycles. The van der Waals surface area contributed by atoms with Crippen molar-refractivity contribution >= 4 is 14.2 Å². The standard InChI is InChI=1S/C7H13O5P/c1-6(2)7(8)11-4-3-5-12-13(9)10/h13H,1,3-5H2,2H3,(H,9,10). The normalized spacial score (nSPS) is 12.2. The second-order valence-electron chi connectivity index (χ2n) is 2.38. The third kappa shape index (κ3) is 7.71. The maximum atomic E-state index is 10.8. The molecule has 0 aromatic rings. The van der Waals surface area contributed by atoms with Gasteiger partial charge in [-0.15, -0.1) is 0 Å². The number of rotatable bonds is 6. The number of ether oxygens (including phenoxy) is 1. The molecular formula is C7H13O5P. The van der Waals surface area contributed by atoms with Gasteiger partial charge in [-0.2, -0.15) is 0 Å². The monoisotopic (exact) mass is 208 g/mol. The fraction of sp³-hybridized carbons (Fsp3) is 0.571. The van der Waals surface area contributed by atoms with Gasteiger partial charge in [0.05, 0.1) is 13.2 Å². The Labute approximate surface area is 77.3 Å². The molecule has 0 rings (SSSR count). The van der Waals surface area contributed by atoms with Crippen LogP contribution in [-0.4, -0.2) is 24.1 Å². The van der Waals surface area contributed by atoms with Gasteiger partial charge in [0.1, 0.15) is 0 Å². The van der Waals surface area contributed by atoms with Gasteiger partial charge in [0.15, 0.2) is 0 Å². The minimum absolute atomic E-state index is 0.109. The smallest absolute Gasteiger partial charge is 0.333 e. The van der Waals surface area contributed by atoms with E-state index in [1.807, 2.05) is 0 Å². The molecule has 76 valence electrons. The average Bonchev–Trinajstić information content (AvgIpc) is 2.02. The first-order chi connectivity index (χ1) is 6.04. The summed E-state index contributed by atoms with van der Waals surface area (Å²) in [5.41, 5.74) is 0.330. The first-order valence-corrected chi connectivity index (χ1v) is 4.98. The predicted octanol–water partition coefficient (Wildman–Crippen LogP) is 0.894. The summed E-state index contributed by atoms with van der Waals surface area (Å²) in [5, 5.41) is 0. The fourth-order valence-corrected chi connectivity index (χ4v) is 0.825. The number of carbonyl (C=O) groups is 1. The lowest BCUT2D eigenvalue weighted by Gasteiger charge is -2.03. The van der Waals surface area contributed by atoms with Crippen LogP contribution in [0, 0.1) is 0 Å². The van der Waals surface area contributed by atoms with Crippen molar-refractivity contribution in [3.05, 3.63) is 12.2 Å². The molecule has 0 heterocycles. The van der Waals surface area contributed by atoms with E-state index in [0.29, 0.717) is 12.0 Å². The van der Waals surface area contributed by atoms with Crippen molar-refractivity contribution in [3.63, 3.8) is 0 Å². The first-order valence-electron chi connectivity index (χ1n) is 3.72. The summed E-state index contributed by atoms with van der Waals surface area (Å²) in [5.74, 6) is -0.461. The van der Waals surface area contributed by atoms with E-state index >= 15 is 0 Å². The molecule has 1 atom stereocenters. The van der Waals surface area contributed by atoms with Gasteiger partial charge in [0.25, 0.3) is 0 Å².